The maximum Gasteiger partial charge on any atom is 0.249 e. The molecule has 3 aromatic rings. The topological polar surface area (TPSA) is 68.0 Å². The number of hydrogen-bond acceptors (Lipinski definition) is 4. The van der Waals surface area contributed by atoms with Crippen molar-refractivity contribution in [2.24, 2.45) is 0 Å². The molecule has 1 amide bonds. The number of benzene rings is 2. The highest BCUT2D eigenvalue weighted by Crippen LogP contribution is 2.28. The van der Waals surface area contributed by atoms with Crippen LogP contribution >= 0.6 is 11.6 Å². The molecule has 0 bridgehead atoms. The first-order valence-corrected chi connectivity index (χ1v) is 8.06. The molecule has 0 radical (unpaired) electrons. The van der Waals surface area contributed by atoms with Gasteiger partial charge >= 0.3 is 0 Å². The largest absolute Gasteiger partial charge is 0.302 e. The van der Waals surface area contributed by atoms with Crippen molar-refractivity contribution in [2.45, 2.75) is 13.8 Å². The Balaban J connectivity index is 1.81. The first-order chi connectivity index (χ1) is 12.0. The number of rotatable bonds is 4. The monoisotopic (exact) mass is 353 g/mol. The van der Waals surface area contributed by atoms with Gasteiger partial charge in [-0.15, -0.1) is 0 Å². The molecular formula is C19H16ClN3O2. The van der Waals surface area contributed by atoms with Crippen LogP contribution in [0.5, 0.6) is 0 Å². The van der Waals surface area contributed by atoms with E-state index in [0.29, 0.717) is 10.7 Å². The zero-order valence-corrected chi connectivity index (χ0v) is 14.5. The Bertz CT molecular complexity index is 947. The molecule has 3 rings (SSSR count). The quantitative estimate of drug-likeness (QED) is 0.693. The molecule has 0 aliphatic carbocycles. The predicted octanol–water partition coefficient (Wildman–Crippen LogP) is 4.66. The molecule has 0 saturated carbocycles. The highest BCUT2D eigenvalue weighted by Gasteiger charge is 2.16. The van der Waals surface area contributed by atoms with Gasteiger partial charge in [0.05, 0.1) is 0 Å². The number of halogens is 1. The van der Waals surface area contributed by atoms with Gasteiger partial charge in [0.2, 0.25) is 11.7 Å². The summed E-state index contributed by atoms with van der Waals surface area (Å²) >= 11 is 6.07. The van der Waals surface area contributed by atoms with Gasteiger partial charge in [-0.1, -0.05) is 47.5 Å². The second-order valence-electron chi connectivity index (χ2n) is 5.62. The summed E-state index contributed by atoms with van der Waals surface area (Å²) in [5, 5.41) is 11.0. The lowest BCUT2D eigenvalue weighted by atomic mass is 10.0. The molecule has 1 N–H and O–H groups in total. The number of aryl methyl sites for hydroxylation is 2. The molecule has 0 unspecified atom stereocenters. The molecule has 2 aromatic carbocycles. The third-order valence-electron chi connectivity index (χ3n) is 3.70. The first kappa shape index (κ1) is 16.9. The summed E-state index contributed by atoms with van der Waals surface area (Å²) in [5.74, 6) is -0.0651. The van der Waals surface area contributed by atoms with Crippen molar-refractivity contribution in [3.63, 3.8) is 0 Å². The molecule has 126 valence electrons. The lowest BCUT2D eigenvalue weighted by molar-refractivity contribution is -0.111. The van der Waals surface area contributed by atoms with E-state index in [4.69, 9.17) is 16.2 Å². The van der Waals surface area contributed by atoms with Crippen LogP contribution in [0.15, 0.2) is 53.2 Å². The summed E-state index contributed by atoms with van der Waals surface area (Å²) in [6.45, 7) is 3.95. The third-order valence-corrected chi connectivity index (χ3v) is 4.04. The van der Waals surface area contributed by atoms with Crippen molar-refractivity contribution in [1.82, 2.24) is 10.3 Å². The SMILES string of the molecule is Cc1ccc(C)c(-c2nonc2NC(=O)/C=C/c2ccccc2Cl)c1. The molecule has 6 heteroatoms. The van der Waals surface area contributed by atoms with Gasteiger partial charge in [0.15, 0.2) is 5.69 Å². The van der Waals surface area contributed by atoms with Crippen LogP contribution in [0.2, 0.25) is 5.02 Å². The van der Waals surface area contributed by atoms with Crippen molar-refractivity contribution in [2.75, 3.05) is 5.32 Å². The minimum Gasteiger partial charge on any atom is -0.302 e. The summed E-state index contributed by atoms with van der Waals surface area (Å²) in [6.07, 6.45) is 3.03. The van der Waals surface area contributed by atoms with Gasteiger partial charge in [-0.2, -0.15) is 0 Å². The maximum atomic E-state index is 12.2. The minimum atomic E-state index is -0.345. The zero-order valence-electron chi connectivity index (χ0n) is 13.8. The number of amides is 1. The van der Waals surface area contributed by atoms with Gasteiger partial charge < -0.3 is 5.32 Å². The highest BCUT2D eigenvalue weighted by molar-refractivity contribution is 6.32. The van der Waals surface area contributed by atoms with Crippen LogP contribution in [-0.2, 0) is 4.79 Å². The number of aromatic nitrogens is 2. The maximum absolute atomic E-state index is 12.2. The van der Waals surface area contributed by atoms with E-state index in [1.807, 2.05) is 50.2 Å². The van der Waals surface area contributed by atoms with Gasteiger partial charge in [0, 0.05) is 16.7 Å². The van der Waals surface area contributed by atoms with Crippen molar-refractivity contribution in [3.8, 4) is 11.3 Å². The van der Waals surface area contributed by atoms with Gasteiger partial charge in [-0.3, -0.25) is 4.79 Å². The average molecular weight is 354 g/mol. The number of carbonyl (C=O) groups excluding carboxylic acids is 1. The van der Waals surface area contributed by atoms with Crippen LogP contribution in [0.3, 0.4) is 0 Å². The molecule has 0 saturated heterocycles. The van der Waals surface area contributed by atoms with Crippen LogP contribution in [0.25, 0.3) is 17.3 Å². The molecule has 1 heterocycles. The van der Waals surface area contributed by atoms with Crippen LogP contribution in [0.4, 0.5) is 5.82 Å². The Morgan fingerprint density at radius 1 is 1.16 bits per heavy atom. The second kappa shape index (κ2) is 7.32. The lowest BCUT2D eigenvalue weighted by Crippen LogP contribution is -2.09. The molecule has 25 heavy (non-hydrogen) atoms. The zero-order chi connectivity index (χ0) is 17.8. The van der Waals surface area contributed by atoms with Crippen LogP contribution in [0, 0.1) is 13.8 Å². The average Bonchev–Trinajstić information content (AvgIpc) is 3.04. The van der Waals surface area contributed by atoms with Gasteiger partial charge in [0.25, 0.3) is 0 Å². The van der Waals surface area contributed by atoms with Crippen molar-refractivity contribution in [1.29, 1.82) is 0 Å². The fraction of sp³-hybridized carbons (Fsp3) is 0.105. The first-order valence-electron chi connectivity index (χ1n) is 7.68. The highest BCUT2D eigenvalue weighted by atomic mass is 35.5. The summed E-state index contributed by atoms with van der Waals surface area (Å²) < 4.78 is 4.82. The smallest absolute Gasteiger partial charge is 0.249 e. The fourth-order valence-corrected chi connectivity index (χ4v) is 2.57. The fourth-order valence-electron chi connectivity index (χ4n) is 2.37. The molecule has 0 atom stereocenters. The number of hydrogen-bond donors (Lipinski definition) is 1. The Kier molecular flexibility index (Phi) is 4.95. The number of nitrogens with one attached hydrogen (secondary N) is 1. The summed E-state index contributed by atoms with van der Waals surface area (Å²) in [5.41, 5.74) is 4.22. The standard InChI is InChI=1S/C19H16ClN3O2/c1-12-7-8-13(2)15(11-12)18-19(23-25-22-18)21-17(24)10-9-14-5-3-4-6-16(14)20/h3-11H,1-2H3,(H,21,23,24)/b10-9+. The van der Waals surface area contributed by atoms with Crippen molar-refractivity contribution in [3.05, 3.63) is 70.3 Å². The third kappa shape index (κ3) is 3.95. The van der Waals surface area contributed by atoms with Crippen molar-refractivity contribution < 1.29 is 9.42 Å². The summed E-state index contributed by atoms with van der Waals surface area (Å²) in [4.78, 5) is 12.2. The second-order valence-corrected chi connectivity index (χ2v) is 6.03. The van der Waals surface area contributed by atoms with Crippen LogP contribution in [-0.4, -0.2) is 16.2 Å². The van der Waals surface area contributed by atoms with Gasteiger partial charge in [0.1, 0.15) is 0 Å². The summed E-state index contributed by atoms with van der Waals surface area (Å²) in [7, 11) is 0. The van der Waals surface area contributed by atoms with E-state index in [1.54, 1.807) is 12.1 Å². The number of carbonyl (C=O) groups is 1. The normalized spacial score (nSPS) is 11.0. The van der Waals surface area contributed by atoms with Crippen LogP contribution < -0.4 is 5.32 Å². The van der Waals surface area contributed by atoms with E-state index in [9.17, 15) is 4.79 Å². The van der Waals surface area contributed by atoms with E-state index < -0.39 is 0 Å². The Hall–Kier alpha value is -2.92. The Morgan fingerprint density at radius 2 is 1.96 bits per heavy atom. The lowest BCUT2D eigenvalue weighted by Gasteiger charge is -2.05. The summed E-state index contributed by atoms with van der Waals surface area (Å²) in [6, 6.07) is 13.2. The van der Waals surface area contributed by atoms with Crippen molar-refractivity contribution >= 4 is 29.4 Å². The molecule has 5 nitrogen and oxygen atoms in total. The number of nitrogens with zero attached hydrogens (tertiary/aromatic N) is 2. The molecule has 0 fully saturated rings. The van der Waals surface area contributed by atoms with Gasteiger partial charge in [-0.25, -0.2) is 4.63 Å². The molecule has 0 spiro atoms. The molecular weight excluding hydrogens is 338 g/mol. The van der Waals surface area contributed by atoms with E-state index in [1.165, 1.54) is 6.08 Å². The number of anilines is 1. The van der Waals surface area contributed by atoms with E-state index in [-0.39, 0.29) is 11.7 Å². The van der Waals surface area contributed by atoms with Crippen LogP contribution in [0.1, 0.15) is 16.7 Å². The molecule has 0 aliphatic heterocycles. The Morgan fingerprint density at radius 3 is 2.76 bits per heavy atom. The van der Waals surface area contributed by atoms with Gasteiger partial charge in [-0.05, 0) is 53.5 Å². The molecule has 0 aliphatic rings. The Labute approximate surface area is 150 Å². The minimum absolute atomic E-state index is 0.280. The predicted molar refractivity (Wildman–Crippen MR) is 98.3 cm³/mol. The van der Waals surface area contributed by atoms with E-state index in [0.717, 1.165) is 22.3 Å². The van der Waals surface area contributed by atoms with E-state index in [2.05, 4.69) is 15.6 Å². The van der Waals surface area contributed by atoms with E-state index >= 15 is 0 Å². The molecule has 1 aromatic heterocycles.